The predicted molar refractivity (Wildman–Crippen MR) is 66.7 cm³/mol. The number of rotatable bonds is 3. The van der Waals surface area contributed by atoms with Crippen molar-refractivity contribution in [2.45, 2.75) is 32.3 Å². The van der Waals surface area contributed by atoms with E-state index in [1.165, 1.54) is 19.3 Å². The molecule has 0 aliphatic carbocycles. The van der Waals surface area contributed by atoms with Gasteiger partial charge in [-0.2, -0.15) is 0 Å². The third kappa shape index (κ3) is 3.24. The van der Waals surface area contributed by atoms with Crippen molar-refractivity contribution < 1.29 is 4.74 Å². The summed E-state index contributed by atoms with van der Waals surface area (Å²) in [7, 11) is 0. The number of ether oxygens (including phenoxy) is 1. The van der Waals surface area contributed by atoms with Crippen LogP contribution in [0.15, 0.2) is 30.3 Å². The van der Waals surface area contributed by atoms with Crippen molar-refractivity contribution in [3.05, 3.63) is 30.3 Å². The van der Waals surface area contributed by atoms with Gasteiger partial charge in [0.05, 0.1) is 6.10 Å². The summed E-state index contributed by atoms with van der Waals surface area (Å²) in [5, 5.41) is 3.44. The highest BCUT2D eigenvalue weighted by Crippen LogP contribution is 2.22. The molecule has 16 heavy (non-hydrogen) atoms. The van der Waals surface area contributed by atoms with Gasteiger partial charge in [0.15, 0.2) is 0 Å². The topological polar surface area (TPSA) is 21.3 Å². The zero-order valence-electron chi connectivity index (χ0n) is 9.99. The Labute approximate surface area is 98.0 Å². The number of nitrogens with one attached hydrogen (secondary N) is 1. The van der Waals surface area contributed by atoms with Crippen LogP contribution in [0.1, 0.15) is 26.2 Å². The second-order valence-electron chi connectivity index (χ2n) is 4.58. The molecule has 1 aromatic rings. The Kier molecular flexibility index (Phi) is 4.23. The fourth-order valence-corrected chi connectivity index (χ4v) is 2.33. The van der Waals surface area contributed by atoms with Crippen LogP contribution in [0.25, 0.3) is 0 Å². The van der Waals surface area contributed by atoms with E-state index < -0.39 is 0 Å². The van der Waals surface area contributed by atoms with Crippen molar-refractivity contribution in [3.63, 3.8) is 0 Å². The molecule has 1 aliphatic rings. The van der Waals surface area contributed by atoms with Crippen LogP contribution in [-0.4, -0.2) is 19.2 Å². The SMILES string of the molecule is CC(Oc1ccccc1)C1CCCNCC1. The lowest BCUT2D eigenvalue weighted by atomic mass is 9.95. The van der Waals surface area contributed by atoms with Gasteiger partial charge in [0, 0.05) is 0 Å². The Morgan fingerprint density at radius 2 is 2.00 bits per heavy atom. The molecule has 1 aromatic carbocycles. The van der Waals surface area contributed by atoms with Crippen LogP contribution in [0.3, 0.4) is 0 Å². The molecule has 1 aliphatic heterocycles. The molecule has 0 bridgehead atoms. The molecule has 2 unspecified atom stereocenters. The van der Waals surface area contributed by atoms with Gasteiger partial charge < -0.3 is 10.1 Å². The molecule has 0 amide bonds. The fourth-order valence-electron chi connectivity index (χ4n) is 2.33. The Morgan fingerprint density at radius 3 is 2.81 bits per heavy atom. The van der Waals surface area contributed by atoms with Gasteiger partial charge in [-0.25, -0.2) is 0 Å². The maximum absolute atomic E-state index is 5.98. The Morgan fingerprint density at radius 1 is 1.19 bits per heavy atom. The summed E-state index contributed by atoms with van der Waals surface area (Å²) in [5.74, 6) is 1.68. The van der Waals surface area contributed by atoms with Gasteiger partial charge in [-0.3, -0.25) is 0 Å². The molecule has 88 valence electrons. The maximum atomic E-state index is 5.98. The van der Waals surface area contributed by atoms with Crippen molar-refractivity contribution in [2.75, 3.05) is 13.1 Å². The number of benzene rings is 1. The Hall–Kier alpha value is -1.02. The highest BCUT2D eigenvalue weighted by atomic mass is 16.5. The second kappa shape index (κ2) is 5.90. The van der Waals surface area contributed by atoms with E-state index >= 15 is 0 Å². The van der Waals surface area contributed by atoms with Crippen molar-refractivity contribution in [2.24, 2.45) is 5.92 Å². The number of hydrogen-bond acceptors (Lipinski definition) is 2. The molecular formula is C14H21NO. The maximum Gasteiger partial charge on any atom is 0.119 e. The van der Waals surface area contributed by atoms with E-state index in [2.05, 4.69) is 12.2 Å². The third-order valence-corrected chi connectivity index (χ3v) is 3.35. The van der Waals surface area contributed by atoms with Crippen LogP contribution < -0.4 is 10.1 Å². The minimum atomic E-state index is 0.322. The van der Waals surface area contributed by atoms with E-state index in [1.807, 2.05) is 30.3 Å². The van der Waals surface area contributed by atoms with E-state index in [-0.39, 0.29) is 0 Å². The highest BCUT2D eigenvalue weighted by Gasteiger charge is 2.20. The minimum absolute atomic E-state index is 0.322. The summed E-state index contributed by atoms with van der Waals surface area (Å²) in [6, 6.07) is 10.1. The van der Waals surface area contributed by atoms with Crippen molar-refractivity contribution in [1.82, 2.24) is 5.32 Å². The third-order valence-electron chi connectivity index (χ3n) is 3.35. The molecule has 1 heterocycles. The van der Waals surface area contributed by atoms with E-state index in [9.17, 15) is 0 Å². The molecule has 2 atom stereocenters. The van der Waals surface area contributed by atoms with Crippen LogP contribution in [0.2, 0.25) is 0 Å². The van der Waals surface area contributed by atoms with Gasteiger partial charge in [0.25, 0.3) is 0 Å². The van der Waals surface area contributed by atoms with E-state index in [1.54, 1.807) is 0 Å². The first-order valence-corrected chi connectivity index (χ1v) is 6.28. The zero-order chi connectivity index (χ0) is 11.2. The van der Waals surface area contributed by atoms with Gasteiger partial charge in [0.1, 0.15) is 5.75 Å². The van der Waals surface area contributed by atoms with E-state index in [4.69, 9.17) is 4.74 Å². The second-order valence-corrected chi connectivity index (χ2v) is 4.58. The molecule has 1 N–H and O–H groups in total. The van der Waals surface area contributed by atoms with E-state index in [0.717, 1.165) is 18.8 Å². The van der Waals surface area contributed by atoms with Gasteiger partial charge >= 0.3 is 0 Å². The lowest BCUT2D eigenvalue weighted by molar-refractivity contribution is 0.142. The van der Waals surface area contributed by atoms with Crippen molar-refractivity contribution in [1.29, 1.82) is 0 Å². The number of hydrogen-bond donors (Lipinski definition) is 1. The summed E-state index contributed by atoms with van der Waals surface area (Å²) in [4.78, 5) is 0. The molecule has 0 spiro atoms. The summed E-state index contributed by atoms with van der Waals surface area (Å²) in [6.45, 7) is 4.49. The van der Waals surface area contributed by atoms with Crippen LogP contribution in [-0.2, 0) is 0 Å². The predicted octanol–water partition coefficient (Wildman–Crippen LogP) is 2.84. The molecule has 0 saturated carbocycles. The lowest BCUT2D eigenvalue weighted by Crippen LogP contribution is -2.24. The molecule has 1 saturated heterocycles. The van der Waals surface area contributed by atoms with Crippen LogP contribution in [0.4, 0.5) is 0 Å². The van der Waals surface area contributed by atoms with Gasteiger partial charge in [-0.1, -0.05) is 18.2 Å². The first-order valence-electron chi connectivity index (χ1n) is 6.28. The van der Waals surface area contributed by atoms with Crippen molar-refractivity contribution >= 4 is 0 Å². The number of para-hydroxylation sites is 1. The van der Waals surface area contributed by atoms with Gasteiger partial charge in [-0.15, -0.1) is 0 Å². The standard InChI is InChI=1S/C14H21NO/c1-12(13-6-5-10-15-11-9-13)16-14-7-3-2-4-8-14/h2-4,7-8,12-13,15H,5-6,9-11H2,1H3. The highest BCUT2D eigenvalue weighted by molar-refractivity contribution is 5.21. The first-order chi connectivity index (χ1) is 7.86. The summed E-state index contributed by atoms with van der Waals surface area (Å²) in [5.41, 5.74) is 0. The van der Waals surface area contributed by atoms with Gasteiger partial charge in [-0.05, 0) is 57.3 Å². The summed E-state index contributed by atoms with van der Waals surface area (Å²) >= 11 is 0. The van der Waals surface area contributed by atoms with E-state index in [0.29, 0.717) is 12.0 Å². The Bertz CT molecular complexity index is 291. The van der Waals surface area contributed by atoms with Gasteiger partial charge in [0.2, 0.25) is 0 Å². The normalized spacial score (nSPS) is 23.4. The fraction of sp³-hybridized carbons (Fsp3) is 0.571. The Balaban J connectivity index is 1.89. The largest absolute Gasteiger partial charge is 0.490 e. The molecule has 2 nitrogen and oxygen atoms in total. The quantitative estimate of drug-likeness (QED) is 0.844. The monoisotopic (exact) mass is 219 g/mol. The molecule has 2 rings (SSSR count). The van der Waals surface area contributed by atoms with Crippen LogP contribution in [0.5, 0.6) is 5.75 Å². The zero-order valence-corrected chi connectivity index (χ0v) is 9.99. The average Bonchev–Trinajstić information content (AvgIpc) is 2.59. The molecule has 0 radical (unpaired) electrons. The molecule has 0 aromatic heterocycles. The first kappa shape index (κ1) is 11.5. The average molecular weight is 219 g/mol. The summed E-state index contributed by atoms with van der Waals surface area (Å²) in [6.07, 6.45) is 4.10. The summed E-state index contributed by atoms with van der Waals surface area (Å²) < 4.78 is 5.98. The minimum Gasteiger partial charge on any atom is -0.490 e. The van der Waals surface area contributed by atoms with Crippen molar-refractivity contribution in [3.8, 4) is 5.75 Å². The van der Waals surface area contributed by atoms with Crippen LogP contribution >= 0.6 is 0 Å². The molecule has 1 fully saturated rings. The van der Waals surface area contributed by atoms with Crippen LogP contribution in [0, 0.1) is 5.92 Å². The smallest absolute Gasteiger partial charge is 0.119 e. The molecular weight excluding hydrogens is 198 g/mol. The molecule has 2 heteroatoms. The lowest BCUT2D eigenvalue weighted by Gasteiger charge is -2.23.